The average molecular weight is 689 g/mol. The molecule has 0 bridgehead atoms. The molecule has 2 heterocycles. The van der Waals surface area contributed by atoms with Gasteiger partial charge in [0.05, 0.1) is 0 Å². The quantitative estimate of drug-likeness (QED) is 0.168. The lowest BCUT2D eigenvalue weighted by atomic mass is 9.85. The largest absolute Gasteiger partial charge is 0.456 e. The van der Waals surface area contributed by atoms with E-state index in [0.29, 0.717) is 0 Å². The Hall–Kier alpha value is -7.16. The van der Waals surface area contributed by atoms with E-state index in [4.69, 9.17) is 8.83 Å². The van der Waals surface area contributed by atoms with Gasteiger partial charge in [-0.2, -0.15) is 0 Å². The van der Waals surface area contributed by atoms with Crippen LogP contribution in [0.5, 0.6) is 0 Å². The zero-order valence-corrected chi connectivity index (χ0v) is 29.3. The van der Waals surface area contributed by atoms with E-state index in [9.17, 15) is 0 Å². The molecule has 0 aliphatic heterocycles. The van der Waals surface area contributed by atoms with E-state index in [1.165, 1.54) is 54.9 Å². The Bertz CT molecular complexity index is 3130. The van der Waals surface area contributed by atoms with E-state index in [-0.39, 0.29) is 0 Å². The number of benzene rings is 9. The molecule has 11 aromatic rings. The summed E-state index contributed by atoms with van der Waals surface area (Å²) in [5, 5.41) is 8.24. The maximum Gasteiger partial charge on any atom is 0.136 e. The molecular formula is C52H32O2. The Morgan fingerprint density at radius 3 is 1.48 bits per heavy atom. The fourth-order valence-corrected chi connectivity index (χ4v) is 8.45. The smallest absolute Gasteiger partial charge is 0.136 e. The minimum Gasteiger partial charge on any atom is -0.456 e. The van der Waals surface area contributed by atoms with E-state index >= 15 is 0 Å². The molecule has 0 aliphatic rings. The van der Waals surface area contributed by atoms with Crippen LogP contribution in [0.4, 0.5) is 0 Å². The minimum atomic E-state index is 0.851. The van der Waals surface area contributed by atoms with Crippen LogP contribution in [0, 0.1) is 0 Å². The first-order chi connectivity index (χ1) is 26.8. The summed E-state index contributed by atoms with van der Waals surface area (Å²) < 4.78 is 13.2. The minimum absolute atomic E-state index is 0.851. The molecule has 0 radical (unpaired) electrons. The summed E-state index contributed by atoms with van der Waals surface area (Å²) in [5.74, 6) is 0.851. The molecule has 0 atom stereocenters. The first-order valence-corrected chi connectivity index (χ1v) is 18.4. The van der Waals surface area contributed by atoms with Crippen LogP contribution in [-0.2, 0) is 0 Å². The van der Waals surface area contributed by atoms with Gasteiger partial charge in [0.2, 0.25) is 0 Å². The first-order valence-electron chi connectivity index (χ1n) is 18.4. The molecule has 54 heavy (non-hydrogen) atoms. The fourth-order valence-electron chi connectivity index (χ4n) is 8.45. The van der Waals surface area contributed by atoms with Crippen LogP contribution >= 0.6 is 0 Å². The Balaban J connectivity index is 1.05. The van der Waals surface area contributed by atoms with E-state index < -0.39 is 0 Å². The molecule has 0 spiro atoms. The maximum atomic E-state index is 6.70. The highest BCUT2D eigenvalue weighted by Gasteiger charge is 2.21. The predicted octanol–water partition coefficient (Wildman–Crippen LogP) is 15.0. The monoisotopic (exact) mass is 688 g/mol. The number of hydrogen-bond donors (Lipinski definition) is 0. The summed E-state index contributed by atoms with van der Waals surface area (Å²) in [5.41, 5.74) is 13.1. The molecule has 0 saturated heterocycles. The molecule has 0 fully saturated rings. The summed E-state index contributed by atoms with van der Waals surface area (Å²) in [4.78, 5) is 0. The van der Waals surface area contributed by atoms with Gasteiger partial charge in [0.15, 0.2) is 0 Å². The van der Waals surface area contributed by atoms with Crippen molar-refractivity contribution < 1.29 is 8.83 Å². The van der Waals surface area contributed by atoms with Crippen LogP contribution in [0.1, 0.15) is 0 Å². The number of fused-ring (bicyclic) bond motifs is 6. The van der Waals surface area contributed by atoms with Gasteiger partial charge in [0.25, 0.3) is 0 Å². The van der Waals surface area contributed by atoms with Gasteiger partial charge in [-0.15, -0.1) is 0 Å². The number of furan rings is 2. The van der Waals surface area contributed by atoms with Crippen LogP contribution in [0.2, 0.25) is 0 Å². The Labute approximate surface area is 312 Å². The predicted molar refractivity (Wildman–Crippen MR) is 226 cm³/mol. The van der Waals surface area contributed by atoms with E-state index in [1.54, 1.807) is 0 Å². The summed E-state index contributed by atoms with van der Waals surface area (Å²) >= 11 is 0. The third kappa shape index (κ3) is 4.81. The van der Waals surface area contributed by atoms with Gasteiger partial charge in [-0.3, -0.25) is 0 Å². The Kier molecular flexibility index (Phi) is 6.90. The lowest BCUT2D eigenvalue weighted by molar-refractivity contribution is 0.631. The summed E-state index contributed by atoms with van der Waals surface area (Å²) in [7, 11) is 0. The highest BCUT2D eigenvalue weighted by molar-refractivity contribution is 6.25. The van der Waals surface area contributed by atoms with Crippen molar-refractivity contribution in [3.63, 3.8) is 0 Å². The van der Waals surface area contributed by atoms with Gasteiger partial charge in [-0.1, -0.05) is 164 Å². The van der Waals surface area contributed by atoms with E-state index in [1.807, 2.05) is 12.1 Å². The summed E-state index contributed by atoms with van der Waals surface area (Å²) in [6.45, 7) is 0. The second kappa shape index (κ2) is 12.2. The molecule has 2 heteroatoms. The van der Waals surface area contributed by atoms with Crippen LogP contribution in [0.25, 0.3) is 110 Å². The van der Waals surface area contributed by atoms with Crippen molar-refractivity contribution in [2.45, 2.75) is 0 Å². The maximum absolute atomic E-state index is 6.70. The highest BCUT2D eigenvalue weighted by atomic mass is 16.3. The third-order valence-electron chi connectivity index (χ3n) is 10.9. The fraction of sp³-hybridized carbons (Fsp3) is 0. The molecule has 0 aliphatic carbocycles. The molecule has 11 rings (SSSR count). The van der Waals surface area contributed by atoms with Crippen LogP contribution < -0.4 is 0 Å². The molecule has 0 unspecified atom stereocenters. The summed E-state index contributed by atoms with van der Waals surface area (Å²) in [6, 6.07) is 69.0. The van der Waals surface area contributed by atoms with Crippen molar-refractivity contribution in [1.82, 2.24) is 0 Å². The van der Waals surface area contributed by atoms with Crippen LogP contribution in [0.3, 0.4) is 0 Å². The van der Waals surface area contributed by atoms with Gasteiger partial charge in [0.1, 0.15) is 22.5 Å². The van der Waals surface area contributed by atoms with Gasteiger partial charge in [0, 0.05) is 21.7 Å². The van der Waals surface area contributed by atoms with Gasteiger partial charge in [-0.05, 0) is 96.4 Å². The van der Waals surface area contributed by atoms with Crippen molar-refractivity contribution in [3.8, 4) is 55.8 Å². The van der Waals surface area contributed by atoms with Crippen LogP contribution in [-0.4, -0.2) is 0 Å². The molecule has 9 aromatic carbocycles. The molecule has 0 N–H and O–H groups in total. The lowest BCUT2D eigenvalue weighted by Gasteiger charge is -2.18. The van der Waals surface area contributed by atoms with Gasteiger partial charge >= 0.3 is 0 Å². The molecular weight excluding hydrogens is 657 g/mol. The van der Waals surface area contributed by atoms with Crippen molar-refractivity contribution in [2.24, 2.45) is 0 Å². The zero-order valence-electron chi connectivity index (χ0n) is 29.3. The molecule has 2 nitrogen and oxygen atoms in total. The second-order valence-electron chi connectivity index (χ2n) is 14.0. The molecule has 0 amide bonds. The highest BCUT2D eigenvalue weighted by Crippen LogP contribution is 2.47. The molecule has 0 saturated carbocycles. The SMILES string of the molecule is c1ccc(-c2ccc(-c3cc4c(-c5ccc6c(c5)oc5cccc(-c7c8ccccc8c(-c8ccccc8)c8ccccc78)c56)cccc4o3)cc2)cc1. The Morgan fingerprint density at radius 2 is 0.796 bits per heavy atom. The van der Waals surface area contributed by atoms with Gasteiger partial charge in [-0.25, -0.2) is 0 Å². The number of hydrogen-bond acceptors (Lipinski definition) is 2. The lowest BCUT2D eigenvalue weighted by Crippen LogP contribution is -1.91. The summed E-state index contributed by atoms with van der Waals surface area (Å²) in [6.07, 6.45) is 0. The Morgan fingerprint density at radius 1 is 0.259 bits per heavy atom. The van der Waals surface area contributed by atoms with Crippen molar-refractivity contribution in [3.05, 3.63) is 194 Å². The van der Waals surface area contributed by atoms with Crippen molar-refractivity contribution in [1.29, 1.82) is 0 Å². The number of rotatable bonds is 5. The van der Waals surface area contributed by atoms with Crippen molar-refractivity contribution in [2.75, 3.05) is 0 Å². The first kappa shape index (κ1) is 30.5. The molecule has 2 aromatic heterocycles. The van der Waals surface area contributed by atoms with E-state index in [2.05, 4.69) is 182 Å². The topological polar surface area (TPSA) is 26.3 Å². The average Bonchev–Trinajstić information content (AvgIpc) is 3.85. The second-order valence-corrected chi connectivity index (χ2v) is 14.0. The standard InChI is InChI=1S/C52H32O2/c1-3-13-33(14-4-1)34-25-27-35(28-26-34)48-32-45-38(21-11-23-46(45)53-48)37-29-30-43-49(31-37)54-47-24-12-22-44(52(43)47)51-41-19-9-7-17-39(41)50(36-15-5-2-6-16-36)40-18-8-10-20-42(40)51/h1-32H. The van der Waals surface area contributed by atoms with Crippen LogP contribution in [0.15, 0.2) is 203 Å². The third-order valence-corrected chi connectivity index (χ3v) is 10.9. The van der Waals surface area contributed by atoms with Crippen molar-refractivity contribution >= 4 is 54.5 Å². The van der Waals surface area contributed by atoms with E-state index in [0.717, 1.165) is 55.4 Å². The molecule has 252 valence electrons. The van der Waals surface area contributed by atoms with Gasteiger partial charge < -0.3 is 8.83 Å². The normalized spacial score (nSPS) is 11.7. The zero-order chi connectivity index (χ0) is 35.6.